The minimum absolute atomic E-state index is 0.188. The number of rotatable bonds is 3. The zero-order valence-corrected chi connectivity index (χ0v) is 15.7. The highest BCUT2D eigenvalue weighted by molar-refractivity contribution is 5.68. The lowest BCUT2D eigenvalue weighted by atomic mass is 10.0. The Morgan fingerprint density at radius 3 is 2.72 bits per heavy atom. The summed E-state index contributed by atoms with van der Waals surface area (Å²) in [6.07, 6.45) is 2.22. The third-order valence-electron chi connectivity index (χ3n) is 4.96. The Bertz CT molecular complexity index is 570. The number of benzene rings is 1. The van der Waals surface area contributed by atoms with E-state index in [1.54, 1.807) is 0 Å². The van der Waals surface area contributed by atoms with Crippen molar-refractivity contribution in [3.63, 3.8) is 0 Å². The lowest BCUT2D eigenvalue weighted by Gasteiger charge is -2.40. The average Bonchev–Trinajstić information content (AvgIpc) is 3.02. The van der Waals surface area contributed by atoms with Gasteiger partial charge in [-0.05, 0) is 45.7 Å². The second-order valence-electron chi connectivity index (χ2n) is 8.15. The Kier molecular flexibility index (Phi) is 5.64. The molecule has 1 aromatic carbocycles. The zero-order chi connectivity index (χ0) is 17.9. The first-order chi connectivity index (χ1) is 11.9. The molecule has 2 aliphatic heterocycles. The van der Waals surface area contributed by atoms with E-state index in [4.69, 9.17) is 4.74 Å². The second-order valence-corrected chi connectivity index (χ2v) is 8.15. The molecule has 0 aliphatic carbocycles. The summed E-state index contributed by atoms with van der Waals surface area (Å²) in [5, 5.41) is 3.63. The predicted molar refractivity (Wildman–Crippen MR) is 99.5 cm³/mol. The largest absolute Gasteiger partial charge is 0.444 e. The summed E-state index contributed by atoms with van der Waals surface area (Å²) < 4.78 is 5.56. The minimum atomic E-state index is -0.440. The molecule has 2 saturated heterocycles. The molecule has 0 saturated carbocycles. The monoisotopic (exact) mass is 345 g/mol. The van der Waals surface area contributed by atoms with Crippen molar-refractivity contribution in [2.24, 2.45) is 0 Å². The highest BCUT2D eigenvalue weighted by Crippen LogP contribution is 2.24. The molecule has 0 radical (unpaired) electrons. The van der Waals surface area contributed by atoms with Crippen molar-refractivity contribution in [3.05, 3.63) is 35.9 Å². The van der Waals surface area contributed by atoms with Crippen LogP contribution < -0.4 is 5.32 Å². The van der Waals surface area contributed by atoms with E-state index in [2.05, 4.69) is 40.5 Å². The van der Waals surface area contributed by atoms with Crippen molar-refractivity contribution in [3.8, 4) is 0 Å². The first kappa shape index (κ1) is 18.2. The van der Waals surface area contributed by atoms with Crippen molar-refractivity contribution in [1.29, 1.82) is 0 Å². The Balaban J connectivity index is 1.61. The van der Waals surface area contributed by atoms with Crippen molar-refractivity contribution in [2.45, 2.75) is 57.8 Å². The SMILES string of the molecule is CC(C)(C)OC(=O)N1CCNC(C2CCCN2Cc2ccccc2)C1. The van der Waals surface area contributed by atoms with Gasteiger partial charge in [0.25, 0.3) is 0 Å². The van der Waals surface area contributed by atoms with Gasteiger partial charge in [-0.1, -0.05) is 30.3 Å². The fourth-order valence-corrected chi connectivity index (χ4v) is 3.85. The Morgan fingerprint density at radius 1 is 1.24 bits per heavy atom. The molecule has 5 nitrogen and oxygen atoms in total. The number of likely N-dealkylation sites (tertiary alicyclic amines) is 1. The summed E-state index contributed by atoms with van der Waals surface area (Å²) in [7, 11) is 0. The van der Waals surface area contributed by atoms with Gasteiger partial charge in [0.15, 0.2) is 0 Å². The van der Waals surface area contributed by atoms with Crippen LogP contribution in [0.4, 0.5) is 4.79 Å². The number of piperazine rings is 1. The molecule has 0 bridgehead atoms. The number of carbonyl (C=O) groups excluding carboxylic acids is 1. The number of amides is 1. The van der Waals surface area contributed by atoms with Crippen LogP contribution in [0.1, 0.15) is 39.2 Å². The minimum Gasteiger partial charge on any atom is -0.444 e. The van der Waals surface area contributed by atoms with E-state index >= 15 is 0 Å². The van der Waals surface area contributed by atoms with Gasteiger partial charge >= 0.3 is 6.09 Å². The maximum atomic E-state index is 12.4. The van der Waals surface area contributed by atoms with Gasteiger partial charge in [0.2, 0.25) is 0 Å². The van der Waals surface area contributed by atoms with E-state index in [1.807, 2.05) is 25.7 Å². The van der Waals surface area contributed by atoms with Crippen LogP contribution in [0.5, 0.6) is 0 Å². The molecule has 25 heavy (non-hydrogen) atoms. The molecule has 5 heteroatoms. The molecule has 0 spiro atoms. The number of nitrogens with one attached hydrogen (secondary N) is 1. The van der Waals surface area contributed by atoms with Gasteiger partial charge in [-0.15, -0.1) is 0 Å². The highest BCUT2D eigenvalue weighted by Gasteiger charge is 2.36. The lowest BCUT2D eigenvalue weighted by Crippen LogP contribution is -2.59. The van der Waals surface area contributed by atoms with Crippen LogP contribution in [0, 0.1) is 0 Å². The number of nitrogens with zero attached hydrogens (tertiary/aromatic N) is 2. The maximum Gasteiger partial charge on any atom is 0.410 e. The van der Waals surface area contributed by atoms with Crippen LogP contribution in [-0.4, -0.2) is 59.8 Å². The molecular weight excluding hydrogens is 314 g/mol. The van der Waals surface area contributed by atoms with Crippen LogP contribution in [-0.2, 0) is 11.3 Å². The summed E-state index contributed by atoms with van der Waals surface area (Å²) in [6, 6.07) is 11.4. The molecule has 138 valence electrons. The Labute approximate surface area is 151 Å². The van der Waals surface area contributed by atoms with Gasteiger partial charge in [0, 0.05) is 38.3 Å². The first-order valence-electron chi connectivity index (χ1n) is 9.42. The van der Waals surface area contributed by atoms with Gasteiger partial charge in [-0.2, -0.15) is 0 Å². The molecule has 1 aromatic rings. The van der Waals surface area contributed by atoms with Gasteiger partial charge in [0.1, 0.15) is 5.60 Å². The standard InChI is InChI=1S/C20H31N3O2/c1-20(2,3)25-19(24)23-13-11-21-17(15-23)18-10-7-12-22(18)14-16-8-5-4-6-9-16/h4-6,8-9,17-18,21H,7,10-15H2,1-3H3. The number of hydrogen-bond donors (Lipinski definition) is 1. The van der Waals surface area contributed by atoms with Gasteiger partial charge in [-0.3, -0.25) is 4.90 Å². The lowest BCUT2D eigenvalue weighted by molar-refractivity contribution is 0.0157. The Morgan fingerprint density at radius 2 is 2.00 bits per heavy atom. The molecule has 0 aromatic heterocycles. The van der Waals surface area contributed by atoms with Gasteiger partial charge < -0.3 is 15.0 Å². The summed E-state index contributed by atoms with van der Waals surface area (Å²) in [6.45, 7) is 10.1. The fourth-order valence-electron chi connectivity index (χ4n) is 3.85. The van der Waals surface area contributed by atoms with Crippen molar-refractivity contribution >= 4 is 6.09 Å². The average molecular weight is 345 g/mol. The summed E-state index contributed by atoms with van der Waals surface area (Å²) in [5.41, 5.74) is 0.915. The molecule has 2 aliphatic rings. The predicted octanol–water partition coefficient (Wildman–Crippen LogP) is 2.86. The van der Waals surface area contributed by atoms with Crippen LogP contribution >= 0.6 is 0 Å². The molecule has 1 amide bonds. The Hall–Kier alpha value is -1.59. The molecular formula is C20H31N3O2. The van der Waals surface area contributed by atoms with Crippen LogP contribution in [0.2, 0.25) is 0 Å². The number of ether oxygens (including phenoxy) is 1. The maximum absolute atomic E-state index is 12.4. The van der Waals surface area contributed by atoms with Crippen LogP contribution in [0.3, 0.4) is 0 Å². The third kappa shape index (κ3) is 4.95. The quantitative estimate of drug-likeness (QED) is 0.915. The van der Waals surface area contributed by atoms with Crippen molar-refractivity contribution in [2.75, 3.05) is 26.2 Å². The number of carbonyl (C=O) groups is 1. The van der Waals surface area contributed by atoms with E-state index in [1.165, 1.54) is 18.4 Å². The molecule has 2 heterocycles. The van der Waals surface area contributed by atoms with Crippen LogP contribution in [0.15, 0.2) is 30.3 Å². The third-order valence-corrected chi connectivity index (χ3v) is 4.96. The van der Waals surface area contributed by atoms with E-state index in [9.17, 15) is 4.79 Å². The summed E-state index contributed by atoms with van der Waals surface area (Å²) in [5.74, 6) is 0. The molecule has 1 N–H and O–H groups in total. The number of hydrogen-bond acceptors (Lipinski definition) is 4. The molecule has 2 fully saturated rings. The van der Waals surface area contributed by atoms with Crippen molar-refractivity contribution in [1.82, 2.24) is 15.1 Å². The van der Waals surface area contributed by atoms with E-state index in [0.29, 0.717) is 12.1 Å². The summed E-state index contributed by atoms with van der Waals surface area (Å²) >= 11 is 0. The van der Waals surface area contributed by atoms with Crippen LogP contribution in [0.25, 0.3) is 0 Å². The van der Waals surface area contributed by atoms with E-state index in [-0.39, 0.29) is 6.09 Å². The molecule has 3 rings (SSSR count). The zero-order valence-electron chi connectivity index (χ0n) is 15.7. The topological polar surface area (TPSA) is 44.8 Å². The normalized spacial score (nSPS) is 25.2. The second kappa shape index (κ2) is 7.75. The first-order valence-corrected chi connectivity index (χ1v) is 9.42. The summed E-state index contributed by atoms with van der Waals surface area (Å²) in [4.78, 5) is 16.8. The highest BCUT2D eigenvalue weighted by atomic mass is 16.6. The smallest absolute Gasteiger partial charge is 0.410 e. The fraction of sp³-hybridized carbons (Fsp3) is 0.650. The van der Waals surface area contributed by atoms with E-state index < -0.39 is 5.60 Å². The van der Waals surface area contributed by atoms with E-state index in [0.717, 1.165) is 32.7 Å². The van der Waals surface area contributed by atoms with Crippen molar-refractivity contribution < 1.29 is 9.53 Å². The molecule has 2 unspecified atom stereocenters. The van der Waals surface area contributed by atoms with Gasteiger partial charge in [0.05, 0.1) is 0 Å². The van der Waals surface area contributed by atoms with Gasteiger partial charge in [-0.25, -0.2) is 4.79 Å². The molecule has 2 atom stereocenters.